The first-order valence-corrected chi connectivity index (χ1v) is 6.63. The van der Waals surface area contributed by atoms with Crippen molar-refractivity contribution in [2.45, 2.75) is 32.8 Å². The summed E-state index contributed by atoms with van der Waals surface area (Å²) >= 11 is 0. The highest BCUT2D eigenvalue weighted by atomic mass is 35.5. The van der Waals surface area contributed by atoms with Crippen LogP contribution in [0.5, 0.6) is 0 Å². The minimum Gasteiger partial charge on any atom is -0.391 e. The van der Waals surface area contributed by atoms with Gasteiger partial charge in [-0.15, -0.1) is 12.4 Å². The van der Waals surface area contributed by atoms with E-state index in [1.54, 1.807) is 6.92 Å². The average molecular weight is 304 g/mol. The van der Waals surface area contributed by atoms with Gasteiger partial charge in [0.1, 0.15) is 5.56 Å². The number of β-amino-alcohol motifs (C(OH)–C–C–N with tert-alkyl or cyclic N) is 1. The van der Waals surface area contributed by atoms with Crippen LogP contribution in [0.25, 0.3) is 0 Å². The van der Waals surface area contributed by atoms with Crippen molar-refractivity contribution in [3.63, 3.8) is 0 Å². The fourth-order valence-electron chi connectivity index (χ4n) is 2.30. The number of halogens is 1. The summed E-state index contributed by atoms with van der Waals surface area (Å²) in [5.74, 6) is 0.606. The van der Waals surface area contributed by atoms with E-state index in [2.05, 4.69) is 15.8 Å². The lowest BCUT2D eigenvalue weighted by Crippen LogP contribution is -2.34. The van der Waals surface area contributed by atoms with Gasteiger partial charge in [-0.05, 0) is 6.92 Å². The van der Waals surface area contributed by atoms with Crippen molar-refractivity contribution in [3.8, 4) is 0 Å². The number of aromatic nitrogens is 1. The van der Waals surface area contributed by atoms with Gasteiger partial charge >= 0.3 is 0 Å². The molecule has 2 rings (SSSR count). The van der Waals surface area contributed by atoms with Gasteiger partial charge in [-0.3, -0.25) is 4.79 Å². The van der Waals surface area contributed by atoms with E-state index in [0.717, 1.165) is 6.54 Å². The van der Waals surface area contributed by atoms with Gasteiger partial charge in [0.2, 0.25) is 0 Å². The highest BCUT2D eigenvalue weighted by molar-refractivity contribution is 5.96. The first kappa shape index (κ1) is 16.9. The lowest BCUT2D eigenvalue weighted by atomic mass is 10.0. The van der Waals surface area contributed by atoms with Crippen LogP contribution in [-0.4, -0.2) is 41.9 Å². The molecule has 1 aliphatic heterocycles. The molecular formula is C13H22ClN3O3. The molecule has 0 bridgehead atoms. The molecular weight excluding hydrogens is 282 g/mol. The first-order chi connectivity index (χ1) is 9.00. The highest BCUT2D eigenvalue weighted by Crippen LogP contribution is 2.22. The van der Waals surface area contributed by atoms with E-state index in [1.165, 1.54) is 0 Å². The summed E-state index contributed by atoms with van der Waals surface area (Å²) < 4.78 is 5.20. The molecule has 3 N–H and O–H groups in total. The standard InChI is InChI=1S/C13H21N3O3.ClH/c1-7(2)12-11(8(3)16-19-12)13(18)15-5-9-4-14-6-10(9)17;/h7,9-10,14,17H,4-6H2,1-3H3,(H,15,18);1H. The molecule has 0 radical (unpaired) electrons. The van der Waals surface area contributed by atoms with E-state index in [9.17, 15) is 9.90 Å². The molecule has 0 aliphatic carbocycles. The number of hydrogen-bond donors (Lipinski definition) is 3. The molecule has 7 heteroatoms. The number of nitrogens with one attached hydrogen (secondary N) is 2. The quantitative estimate of drug-likeness (QED) is 0.767. The second-order valence-electron chi connectivity index (χ2n) is 5.36. The Kier molecular flexibility index (Phi) is 5.98. The van der Waals surface area contributed by atoms with Crippen LogP contribution in [-0.2, 0) is 0 Å². The molecule has 20 heavy (non-hydrogen) atoms. The van der Waals surface area contributed by atoms with Crippen LogP contribution >= 0.6 is 12.4 Å². The largest absolute Gasteiger partial charge is 0.391 e. The number of aryl methyl sites for hydroxylation is 1. The Morgan fingerprint density at radius 3 is 2.80 bits per heavy atom. The SMILES string of the molecule is Cc1noc(C(C)C)c1C(=O)NCC1CNCC1O.Cl. The van der Waals surface area contributed by atoms with Crippen molar-refractivity contribution in [3.05, 3.63) is 17.0 Å². The second-order valence-corrected chi connectivity index (χ2v) is 5.36. The molecule has 1 fully saturated rings. The van der Waals surface area contributed by atoms with Gasteiger partial charge in [0, 0.05) is 31.5 Å². The molecule has 114 valence electrons. The summed E-state index contributed by atoms with van der Waals surface area (Å²) in [5, 5.41) is 19.5. The maximum atomic E-state index is 12.2. The molecule has 0 spiro atoms. The topological polar surface area (TPSA) is 87.4 Å². The number of amides is 1. The van der Waals surface area contributed by atoms with E-state index >= 15 is 0 Å². The van der Waals surface area contributed by atoms with Crippen LogP contribution in [0.1, 0.15) is 41.6 Å². The number of carbonyl (C=O) groups excluding carboxylic acids is 1. The Hall–Kier alpha value is -1.11. The normalized spacial score (nSPS) is 21.9. The van der Waals surface area contributed by atoms with E-state index in [0.29, 0.717) is 30.1 Å². The van der Waals surface area contributed by atoms with Crippen molar-refractivity contribution in [1.82, 2.24) is 15.8 Å². The Balaban J connectivity index is 0.00000200. The molecule has 2 unspecified atom stereocenters. The summed E-state index contributed by atoms with van der Waals surface area (Å²) in [6, 6.07) is 0. The zero-order valence-electron chi connectivity index (χ0n) is 12.0. The molecule has 1 aromatic heterocycles. The number of rotatable bonds is 4. The predicted molar refractivity (Wildman–Crippen MR) is 77.3 cm³/mol. The molecule has 1 aliphatic rings. The molecule has 1 amide bonds. The van der Waals surface area contributed by atoms with Gasteiger partial charge in [0.05, 0.1) is 11.8 Å². The van der Waals surface area contributed by atoms with E-state index in [4.69, 9.17) is 4.52 Å². The number of aliphatic hydroxyl groups excluding tert-OH is 1. The Morgan fingerprint density at radius 1 is 1.55 bits per heavy atom. The minimum atomic E-state index is -0.395. The molecule has 2 heterocycles. The molecule has 6 nitrogen and oxygen atoms in total. The fourth-order valence-corrected chi connectivity index (χ4v) is 2.30. The van der Waals surface area contributed by atoms with E-state index in [-0.39, 0.29) is 30.2 Å². The highest BCUT2D eigenvalue weighted by Gasteiger charge is 2.27. The number of hydrogen-bond acceptors (Lipinski definition) is 5. The minimum absolute atomic E-state index is 0. The Labute approximate surface area is 124 Å². The van der Waals surface area contributed by atoms with Crippen molar-refractivity contribution < 1.29 is 14.4 Å². The molecule has 2 atom stereocenters. The van der Waals surface area contributed by atoms with E-state index in [1.807, 2.05) is 13.8 Å². The molecule has 0 aromatic carbocycles. The lowest BCUT2D eigenvalue weighted by Gasteiger charge is -2.14. The van der Waals surface area contributed by atoms with Crippen LogP contribution in [0, 0.1) is 12.8 Å². The van der Waals surface area contributed by atoms with Crippen molar-refractivity contribution in [2.24, 2.45) is 5.92 Å². The van der Waals surface area contributed by atoms with Gasteiger partial charge in [0.15, 0.2) is 5.76 Å². The molecule has 0 saturated carbocycles. The first-order valence-electron chi connectivity index (χ1n) is 6.63. The maximum Gasteiger partial charge on any atom is 0.256 e. The van der Waals surface area contributed by atoms with Gasteiger partial charge in [0.25, 0.3) is 5.91 Å². The third-order valence-corrected chi connectivity index (χ3v) is 3.47. The summed E-state index contributed by atoms with van der Waals surface area (Å²) in [7, 11) is 0. The third kappa shape index (κ3) is 3.50. The van der Waals surface area contributed by atoms with Crippen LogP contribution in [0.2, 0.25) is 0 Å². The van der Waals surface area contributed by atoms with Crippen LogP contribution in [0.15, 0.2) is 4.52 Å². The van der Waals surface area contributed by atoms with Crippen LogP contribution in [0.3, 0.4) is 0 Å². The third-order valence-electron chi connectivity index (χ3n) is 3.47. The smallest absolute Gasteiger partial charge is 0.256 e. The zero-order valence-corrected chi connectivity index (χ0v) is 12.8. The number of aliphatic hydroxyl groups is 1. The van der Waals surface area contributed by atoms with Gasteiger partial charge < -0.3 is 20.3 Å². The van der Waals surface area contributed by atoms with Gasteiger partial charge in [-0.1, -0.05) is 19.0 Å². The van der Waals surface area contributed by atoms with Gasteiger partial charge in [-0.2, -0.15) is 0 Å². The number of nitrogens with zero attached hydrogens (tertiary/aromatic N) is 1. The van der Waals surface area contributed by atoms with Crippen LogP contribution < -0.4 is 10.6 Å². The lowest BCUT2D eigenvalue weighted by molar-refractivity contribution is 0.0924. The summed E-state index contributed by atoms with van der Waals surface area (Å²) in [6.07, 6.45) is -0.395. The zero-order chi connectivity index (χ0) is 14.0. The van der Waals surface area contributed by atoms with Crippen molar-refractivity contribution in [2.75, 3.05) is 19.6 Å². The predicted octanol–water partition coefficient (Wildman–Crippen LogP) is 0.838. The van der Waals surface area contributed by atoms with E-state index < -0.39 is 6.10 Å². The summed E-state index contributed by atoms with van der Waals surface area (Å²) in [5.41, 5.74) is 1.13. The Morgan fingerprint density at radius 2 is 2.25 bits per heavy atom. The molecule has 1 saturated heterocycles. The maximum absolute atomic E-state index is 12.2. The van der Waals surface area contributed by atoms with Crippen molar-refractivity contribution >= 4 is 18.3 Å². The summed E-state index contributed by atoms with van der Waals surface area (Å²) in [4.78, 5) is 12.2. The number of carbonyl (C=O) groups is 1. The Bertz CT molecular complexity index is 462. The van der Waals surface area contributed by atoms with Crippen molar-refractivity contribution in [1.29, 1.82) is 0 Å². The molecule has 1 aromatic rings. The van der Waals surface area contributed by atoms with Gasteiger partial charge in [-0.25, -0.2) is 0 Å². The fraction of sp³-hybridized carbons (Fsp3) is 0.692. The monoisotopic (exact) mass is 303 g/mol. The second kappa shape index (κ2) is 7.06. The van der Waals surface area contributed by atoms with Crippen LogP contribution in [0.4, 0.5) is 0 Å². The summed E-state index contributed by atoms with van der Waals surface area (Å²) in [6.45, 7) is 7.44. The average Bonchev–Trinajstić information content (AvgIpc) is 2.92.